The summed E-state index contributed by atoms with van der Waals surface area (Å²) in [6.45, 7) is 0.439. The summed E-state index contributed by atoms with van der Waals surface area (Å²) in [5, 5.41) is 3.03. The van der Waals surface area contributed by atoms with E-state index in [2.05, 4.69) is 36.0 Å². The highest BCUT2D eigenvalue weighted by molar-refractivity contribution is 9.10. The number of alkyl halides is 3. The number of benzene rings is 1. The average molecular weight is 348 g/mol. The number of halogens is 4. The SMILES string of the molecule is FC(F)(F)Oc1ccc(NCc2ccncn2)cc1Br. The third-order valence-corrected chi connectivity index (χ3v) is 2.89. The molecular weight excluding hydrogens is 339 g/mol. The van der Waals surface area contributed by atoms with Crippen LogP contribution in [0.5, 0.6) is 5.75 Å². The van der Waals surface area contributed by atoms with Gasteiger partial charge in [0, 0.05) is 11.9 Å². The first-order valence-corrected chi connectivity index (χ1v) is 6.27. The molecule has 2 rings (SSSR count). The second kappa shape index (κ2) is 6.08. The minimum absolute atomic E-state index is 0.211. The molecule has 1 aromatic heterocycles. The van der Waals surface area contributed by atoms with Crippen LogP contribution in [0.3, 0.4) is 0 Å². The van der Waals surface area contributed by atoms with Crippen molar-refractivity contribution in [2.75, 3.05) is 5.32 Å². The maximum absolute atomic E-state index is 12.1. The van der Waals surface area contributed by atoms with Crippen LogP contribution in [0, 0.1) is 0 Å². The van der Waals surface area contributed by atoms with E-state index in [4.69, 9.17) is 0 Å². The third kappa shape index (κ3) is 4.37. The summed E-state index contributed by atoms with van der Waals surface area (Å²) in [7, 11) is 0. The van der Waals surface area contributed by atoms with Gasteiger partial charge in [0.15, 0.2) is 0 Å². The van der Waals surface area contributed by atoms with Crippen LogP contribution in [0.25, 0.3) is 0 Å². The predicted octanol–water partition coefficient (Wildman–Crippen LogP) is 3.75. The number of anilines is 1. The van der Waals surface area contributed by atoms with Gasteiger partial charge in [-0.3, -0.25) is 0 Å². The Morgan fingerprint density at radius 1 is 1.25 bits per heavy atom. The maximum atomic E-state index is 12.1. The fourth-order valence-electron chi connectivity index (χ4n) is 1.43. The average Bonchev–Trinajstić information content (AvgIpc) is 2.39. The van der Waals surface area contributed by atoms with E-state index < -0.39 is 6.36 Å². The van der Waals surface area contributed by atoms with Crippen molar-refractivity contribution in [3.05, 3.63) is 47.0 Å². The van der Waals surface area contributed by atoms with Crippen LogP contribution in [0.2, 0.25) is 0 Å². The van der Waals surface area contributed by atoms with Crippen LogP contribution >= 0.6 is 15.9 Å². The molecule has 0 fully saturated rings. The minimum atomic E-state index is -4.71. The molecule has 8 heteroatoms. The molecule has 106 valence electrons. The van der Waals surface area contributed by atoms with Gasteiger partial charge in [0.25, 0.3) is 0 Å². The number of nitrogens with zero attached hydrogens (tertiary/aromatic N) is 2. The molecule has 0 saturated carbocycles. The third-order valence-electron chi connectivity index (χ3n) is 2.27. The molecule has 0 unspecified atom stereocenters. The van der Waals surface area contributed by atoms with Crippen LogP contribution in [0.1, 0.15) is 5.69 Å². The second-order valence-corrected chi connectivity index (χ2v) is 4.60. The van der Waals surface area contributed by atoms with Gasteiger partial charge in [0.1, 0.15) is 12.1 Å². The number of nitrogens with one attached hydrogen (secondary N) is 1. The highest BCUT2D eigenvalue weighted by Gasteiger charge is 2.31. The fraction of sp³-hybridized carbons (Fsp3) is 0.167. The van der Waals surface area contributed by atoms with E-state index in [0.717, 1.165) is 5.69 Å². The van der Waals surface area contributed by atoms with Gasteiger partial charge in [-0.05, 0) is 40.2 Å². The summed E-state index contributed by atoms with van der Waals surface area (Å²) in [5.74, 6) is -0.287. The lowest BCUT2D eigenvalue weighted by molar-refractivity contribution is -0.274. The Balaban J connectivity index is 2.02. The minimum Gasteiger partial charge on any atom is -0.405 e. The molecule has 2 aromatic rings. The zero-order valence-electron chi connectivity index (χ0n) is 9.99. The Bertz CT molecular complexity index is 578. The molecule has 0 spiro atoms. The molecule has 0 aliphatic heterocycles. The number of aromatic nitrogens is 2. The summed E-state index contributed by atoms with van der Waals surface area (Å²) >= 11 is 3.04. The van der Waals surface area contributed by atoms with Crippen LogP contribution < -0.4 is 10.1 Å². The van der Waals surface area contributed by atoms with Gasteiger partial charge < -0.3 is 10.1 Å². The van der Waals surface area contributed by atoms with Crippen molar-refractivity contribution in [3.8, 4) is 5.75 Å². The lowest BCUT2D eigenvalue weighted by atomic mass is 10.3. The number of rotatable bonds is 4. The lowest BCUT2D eigenvalue weighted by Crippen LogP contribution is -2.17. The molecule has 1 aromatic carbocycles. The van der Waals surface area contributed by atoms with Gasteiger partial charge in [-0.2, -0.15) is 0 Å². The standard InChI is InChI=1S/C12H9BrF3N3O/c13-10-5-8(1-2-11(10)20-12(14,15)16)18-6-9-3-4-17-7-19-9/h1-5,7,18H,6H2. The molecule has 0 saturated heterocycles. The first-order chi connectivity index (χ1) is 9.44. The zero-order valence-corrected chi connectivity index (χ0v) is 11.6. The smallest absolute Gasteiger partial charge is 0.405 e. The number of hydrogen-bond donors (Lipinski definition) is 1. The van der Waals surface area contributed by atoms with E-state index in [-0.39, 0.29) is 10.2 Å². The molecule has 4 nitrogen and oxygen atoms in total. The summed E-state index contributed by atoms with van der Waals surface area (Å²) in [6.07, 6.45) is -1.67. The number of ether oxygens (including phenoxy) is 1. The van der Waals surface area contributed by atoms with Crippen molar-refractivity contribution in [1.82, 2.24) is 9.97 Å². The fourth-order valence-corrected chi connectivity index (χ4v) is 1.89. The quantitative estimate of drug-likeness (QED) is 0.914. The summed E-state index contributed by atoms with van der Waals surface area (Å²) in [6, 6.07) is 5.97. The van der Waals surface area contributed by atoms with E-state index >= 15 is 0 Å². The van der Waals surface area contributed by atoms with E-state index in [0.29, 0.717) is 12.2 Å². The van der Waals surface area contributed by atoms with Crippen molar-refractivity contribution in [3.63, 3.8) is 0 Å². The first kappa shape index (κ1) is 14.6. The molecule has 1 heterocycles. The number of hydrogen-bond acceptors (Lipinski definition) is 4. The van der Waals surface area contributed by atoms with E-state index in [1.54, 1.807) is 12.3 Å². The first-order valence-electron chi connectivity index (χ1n) is 5.48. The molecule has 0 amide bonds. The molecule has 1 N–H and O–H groups in total. The largest absolute Gasteiger partial charge is 0.573 e. The van der Waals surface area contributed by atoms with Gasteiger partial charge in [-0.15, -0.1) is 13.2 Å². The van der Waals surface area contributed by atoms with E-state index in [1.807, 2.05) is 0 Å². The van der Waals surface area contributed by atoms with Crippen molar-refractivity contribution in [2.24, 2.45) is 0 Å². The topological polar surface area (TPSA) is 47.0 Å². The summed E-state index contributed by atoms with van der Waals surface area (Å²) < 4.78 is 40.4. The van der Waals surface area contributed by atoms with E-state index in [9.17, 15) is 13.2 Å². The molecular formula is C12H9BrF3N3O. The Labute approximate surface area is 121 Å². The molecule has 0 radical (unpaired) electrons. The summed E-state index contributed by atoms with van der Waals surface area (Å²) in [4.78, 5) is 7.81. The Hall–Kier alpha value is -1.83. The zero-order chi connectivity index (χ0) is 14.6. The van der Waals surface area contributed by atoms with Crippen molar-refractivity contribution in [1.29, 1.82) is 0 Å². The van der Waals surface area contributed by atoms with Gasteiger partial charge in [-0.1, -0.05) is 0 Å². The highest BCUT2D eigenvalue weighted by atomic mass is 79.9. The molecule has 0 atom stereocenters. The molecule has 0 aliphatic carbocycles. The van der Waals surface area contributed by atoms with Crippen molar-refractivity contribution < 1.29 is 17.9 Å². The van der Waals surface area contributed by atoms with Gasteiger partial charge >= 0.3 is 6.36 Å². The van der Waals surface area contributed by atoms with Crippen LogP contribution in [-0.4, -0.2) is 16.3 Å². The highest BCUT2D eigenvalue weighted by Crippen LogP contribution is 2.32. The Morgan fingerprint density at radius 2 is 2.05 bits per heavy atom. The van der Waals surface area contributed by atoms with Gasteiger partial charge in [0.2, 0.25) is 0 Å². The summed E-state index contributed by atoms with van der Waals surface area (Å²) in [5.41, 5.74) is 1.41. The van der Waals surface area contributed by atoms with Crippen LogP contribution in [-0.2, 0) is 6.54 Å². The Kier molecular flexibility index (Phi) is 4.43. The predicted molar refractivity (Wildman–Crippen MR) is 70.2 cm³/mol. The monoisotopic (exact) mass is 347 g/mol. The van der Waals surface area contributed by atoms with E-state index in [1.165, 1.54) is 24.5 Å². The molecule has 20 heavy (non-hydrogen) atoms. The normalized spacial score (nSPS) is 11.2. The molecule has 0 aliphatic rings. The second-order valence-electron chi connectivity index (χ2n) is 3.75. The Morgan fingerprint density at radius 3 is 2.65 bits per heavy atom. The lowest BCUT2D eigenvalue weighted by Gasteiger charge is -2.12. The maximum Gasteiger partial charge on any atom is 0.573 e. The van der Waals surface area contributed by atoms with Gasteiger partial charge in [-0.25, -0.2) is 9.97 Å². The van der Waals surface area contributed by atoms with Gasteiger partial charge in [0.05, 0.1) is 16.7 Å². The van der Waals surface area contributed by atoms with Crippen molar-refractivity contribution in [2.45, 2.75) is 12.9 Å². The molecule has 0 bridgehead atoms. The van der Waals surface area contributed by atoms with Crippen molar-refractivity contribution >= 4 is 21.6 Å². The van der Waals surface area contributed by atoms with Crippen LogP contribution in [0.4, 0.5) is 18.9 Å². The van der Waals surface area contributed by atoms with Crippen LogP contribution in [0.15, 0.2) is 41.3 Å².